The summed E-state index contributed by atoms with van der Waals surface area (Å²) in [5.41, 5.74) is 1.86. The third kappa shape index (κ3) is 3.59. The largest absolute Gasteiger partial charge is 0.469 e. The summed E-state index contributed by atoms with van der Waals surface area (Å²) in [5, 5.41) is 0.862. The second-order valence-electron chi connectivity index (χ2n) is 5.18. The van der Waals surface area contributed by atoms with Crippen LogP contribution in [-0.2, 0) is 20.7 Å². The second kappa shape index (κ2) is 7.09. The van der Waals surface area contributed by atoms with Crippen LogP contribution >= 0.6 is 0 Å². The molecule has 1 aromatic heterocycles. The van der Waals surface area contributed by atoms with E-state index in [2.05, 4.69) is 4.74 Å². The van der Waals surface area contributed by atoms with E-state index in [1.54, 1.807) is 22.8 Å². The van der Waals surface area contributed by atoms with Crippen molar-refractivity contribution in [2.75, 3.05) is 14.2 Å². The van der Waals surface area contributed by atoms with Crippen LogP contribution in [0.25, 0.3) is 10.9 Å². The average Bonchev–Trinajstić information content (AvgIpc) is 2.91. The van der Waals surface area contributed by atoms with Gasteiger partial charge in [0, 0.05) is 24.4 Å². The molecule has 1 heterocycles. The molecule has 6 heteroatoms. The monoisotopic (exact) mass is 317 g/mol. The Morgan fingerprint density at radius 1 is 1.09 bits per heavy atom. The molecule has 0 atom stereocenters. The first-order valence-electron chi connectivity index (χ1n) is 7.28. The topological polar surface area (TPSA) is 74.6 Å². The van der Waals surface area contributed by atoms with Gasteiger partial charge in [-0.15, -0.1) is 0 Å². The van der Waals surface area contributed by atoms with Gasteiger partial charge >= 0.3 is 11.9 Å². The van der Waals surface area contributed by atoms with Crippen LogP contribution < -0.4 is 0 Å². The van der Waals surface area contributed by atoms with Crippen LogP contribution in [0.5, 0.6) is 0 Å². The molecular weight excluding hydrogens is 298 g/mol. The molecule has 2 aromatic rings. The van der Waals surface area contributed by atoms with Gasteiger partial charge in [-0.3, -0.25) is 14.2 Å². The molecule has 0 bridgehead atoms. The van der Waals surface area contributed by atoms with Crippen molar-refractivity contribution in [2.45, 2.75) is 26.2 Å². The van der Waals surface area contributed by atoms with Crippen molar-refractivity contribution in [3.8, 4) is 0 Å². The highest BCUT2D eigenvalue weighted by Gasteiger charge is 2.15. The SMILES string of the molecule is COC(=O)CCCc1cc2ccc(C(=O)OC)cc2n1C(C)=O. The van der Waals surface area contributed by atoms with Crippen molar-refractivity contribution < 1.29 is 23.9 Å². The number of hydrogen-bond donors (Lipinski definition) is 0. The fourth-order valence-electron chi connectivity index (χ4n) is 2.57. The molecule has 6 nitrogen and oxygen atoms in total. The van der Waals surface area contributed by atoms with Crippen molar-refractivity contribution in [1.29, 1.82) is 0 Å². The van der Waals surface area contributed by atoms with Crippen molar-refractivity contribution in [3.63, 3.8) is 0 Å². The van der Waals surface area contributed by atoms with E-state index in [9.17, 15) is 14.4 Å². The number of hydrogen-bond acceptors (Lipinski definition) is 5. The van der Waals surface area contributed by atoms with Gasteiger partial charge in [0.05, 0.1) is 25.3 Å². The Morgan fingerprint density at radius 2 is 1.83 bits per heavy atom. The average molecular weight is 317 g/mol. The predicted octanol–water partition coefficient (Wildman–Crippen LogP) is 2.58. The third-order valence-electron chi connectivity index (χ3n) is 3.66. The van der Waals surface area contributed by atoms with E-state index in [-0.39, 0.29) is 11.9 Å². The molecule has 0 aliphatic rings. The highest BCUT2D eigenvalue weighted by molar-refractivity contribution is 5.98. The molecule has 0 radical (unpaired) electrons. The van der Waals surface area contributed by atoms with Crippen molar-refractivity contribution in [2.24, 2.45) is 0 Å². The van der Waals surface area contributed by atoms with Gasteiger partial charge in [0.25, 0.3) is 0 Å². The molecule has 0 saturated carbocycles. The molecule has 2 rings (SSSR count). The Morgan fingerprint density at radius 3 is 2.43 bits per heavy atom. The number of rotatable bonds is 5. The fraction of sp³-hybridized carbons (Fsp3) is 0.353. The van der Waals surface area contributed by atoms with Gasteiger partial charge in [-0.05, 0) is 31.0 Å². The first kappa shape index (κ1) is 16.7. The zero-order valence-corrected chi connectivity index (χ0v) is 13.4. The molecule has 23 heavy (non-hydrogen) atoms. The molecule has 0 aliphatic heterocycles. The van der Waals surface area contributed by atoms with Crippen molar-refractivity contribution in [3.05, 3.63) is 35.5 Å². The third-order valence-corrected chi connectivity index (χ3v) is 3.66. The zero-order chi connectivity index (χ0) is 17.0. The molecule has 122 valence electrons. The van der Waals surface area contributed by atoms with E-state index in [1.807, 2.05) is 6.07 Å². The van der Waals surface area contributed by atoms with Crippen LogP contribution in [0.15, 0.2) is 24.3 Å². The molecule has 0 N–H and O–H groups in total. The number of carbonyl (C=O) groups excluding carboxylic acids is 3. The van der Waals surface area contributed by atoms with Gasteiger partial charge < -0.3 is 9.47 Å². The first-order valence-corrected chi connectivity index (χ1v) is 7.28. The lowest BCUT2D eigenvalue weighted by Crippen LogP contribution is -2.11. The van der Waals surface area contributed by atoms with Gasteiger partial charge in [0.15, 0.2) is 0 Å². The first-order chi connectivity index (χ1) is 11.0. The highest BCUT2D eigenvalue weighted by Crippen LogP contribution is 2.23. The molecule has 0 fully saturated rings. The Balaban J connectivity index is 2.37. The lowest BCUT2D eigenvalue weighted by Gasteiger charge is -2.07. The number of nitrogens with zero attached hydrogens (tertiary/aromatic N) is 1. The zero-order valence-electron chi connectivity index (χ0n) is 13.4. The lowest BCUT2D eigenvalue weighted by molar-refractivity contribution is -0.140. The van der Waals surface area contributed by atoms with E-state index in [0.29, 0.717) is 30.3 Å². The van der Waals surface area contributed by atoms with Crippen LogP contribution in [0.3, 0.4) is 0 Å². The van der Waals surface area contributed by atoms with E-state index in [1.165, 1.54) is 21.1 Å². The summed E-state index contributed by atoms with van der Waals surface area (Å²) in [4.78, 5) is 34.9. The minimum Gasteiger partial charge on any atom is -0.469 e. The molecule has 1 aromatic carbocycles. The van der Waals surface area contributed by atoms with Gasteiger partial charge in [-0.2, -0.15) is 0 Å². The molecule has 0 unspecified atom stereocenters. The summed E-state index contributed by atoms with van der Waals surface area (Å²) in [6, 6.07) is 6.99. The number of aryl methyl sites for hydroxylation is 1. The van der Waals surface area contributed by atoms with Gasteiger partial charge in [0.1, 0.15) is 0 Å². The highest BCUT2D eigenvalue weighted by atomic mass is 16.5. The van der Waals surface area contributed by atoms with Crippen LogP contribution in [0.4, 0.5) is 0 Å². The number of fused-ring (bicyclic) bond motifs is 1. The predicted molar refractivity (Wildman–Crippen MR) is 84.5 cm³/mol. The maximum Gasteiger partial charge on any atom is 0.337 e. The lowest BCUT2D eigenvalue weighted by atomic mass is 10.1. The number of aromatic nitrogens is 1. The Labute approximate surface area is 134 Å². The van der Waals surface area contributed by atoms with Gasteiger partial charge in [-0.1, -0.05) is 6.07 Å². The minimum atomic E-state index is -0.449. The summed E-state index contributed by atoms with van der Waals surface area (Å²) >= 11 is 0. The maximum absolute atomic E-state index is 12.0. The van der Waals surface area contributed by atoms with Crippen LogP contribution in [0.2, 0.25) is 0 Å². The van der Waals surface area contributed by atoms with Crippen molar-refractivity contribution in [1.82, 2.24) is 4.57 Å². The molecule has 0 spiro atoms. The van der Waals surface area contributed by atoms with Crippen LogP contribution in [-0.4, -0.2) is 36.6 Å². The molecule has 0 saturated heterocycles. The summed E-state index contributed by atoms with van der Waals surface area (Å²) in [6.07, 6.45) is 1.44. The van der Waals surface area contributed by atoms with E-state index in [4.69, 9.17) is 4.74 Å². The maximum atomic E-state index is 12.0. The van der Waals surface area contributed by atoms with Gasteiger partial charge in [0.2, 0.25) is 5.91 Å². The number of carbonyl (C=O) groups is 3. The summed E-state index contributed by atoms with van der Waals surface area (Å²) in [5.74, 6) is -0.867. The minimum absolute atomic E-state index is 0.143. The van der Waals surface area contributed by atoms with E-state index >= 15 is 0 Å². The Kier molecular flexibility index (Phi) is 5.16. The normalized spacial score (nSPS) is 10.6. The number of ether oxygens (including phenoxy) is 2. The summed E-state index contributed by atoms with van der Waals surface area (Å²) < 4.78 is 10.9. The molecular formula is C17H19NO5. The molecule has 0 amide bonds. The van der Waals surface area contributed by atoms with E-state index < -0.39 is 5.97 Å². The van der Waals surface area contributed by atoms with Crippen molar-refractivity contribution >= 4 is 28.7 Å². The summed E-state index contributed by atoms with van der Waals surface area (Å²) in [6.45, 7) is 1.47. The number of methoxy groups -OCH3 is 2. The van der Waals surface area contributed by atoms with E-state index in [0.717, 1.165) is 11.1 Å². The quantitative estimate of drug-likeness (QED) is 0.792. The van der Waals surface area contributed by atoms with Crippen LogP contribution in [0.1, 0.15) is 40.6 Å². The smallest absolute Gasteiger partial charge is 0.337 e. The Hall–Kier alpha value is -2.63. The van der Waals surface area contributed by atoms with Crippen LogP contribution in [0, 0.1) is 0 Å². The second-order valence-corrected chi connectivity index (χ2v) is 5.18. The molecule has 0 aliphatic carbocycles. The number of benzene rings is 1. The number of esters is 2. The van der Waals surface area contributed by atoms with Gasteiger partial charge in [-0.25, -0.2) is 4.79 Å². The Bertz CT molecular complexity index is 760. The standard InChI is InChI=1S/C17H19NO5/c1-11(19)18-14(5-4-6-16(20)22-2)9-12-7-8-13(10-15(12)18)17(21)23-3/h7-10H,4-6H2,1-3H3. The fourth-order valence-corrected chi connectivity index (χ4v) is 2.57. The summed E-state index contributed by atoms with van der Waals surface area (Å²) in [7, 11) is 2.66.